The smallest absolute Gasteiger partial charge is 0.306 e. The average molecular weight is 394 g/mol. The van der Waals surface area contributed by atoms with Crippen LogP contribution in [0.5, 0.6) is 0 Å². The maximum Gasteiger partial charge on any atom is 0.306 e. The second kappa shape index (κ2) is 14.1. The van der Waals surface area contributed by atoms with E-state index in [1.165, 1.54) is 37.4 Å². The molecular weight excluding hydrogens is 366 g/mol. The Hall–Kier alpha value is -1.06. The second-order valence-corrected chi connectivity index (χ2v) is 8.41. The normalized spacial score (nSPS) is 13.1. The van der Waals surface area contributed by atoms with Crippen LogP contribution in [-0.2, 0) is 19.2 Å². The number of amides is 1. The van der Waals surface area contributed by atoms with Crippen molar-refractivity contribution in [2.24, 2.45) is 0 Å². The molecule has 0 aliphatic heterocycles. The van der Waals surface area contributed by atoms with Crippen molar-refractivity contribution >= 4 is 45.6 Å². The van der Waals surface area contributed by atoms with E-state index in [9.17, 15) is 24.3 Å². The van der Waals surface area contributed by atoms with E-state index in [0.717, 1.165) is 19.3 Å². The van der Waals surface area contributed by atoms with Crippen molar-refractivity contribution in [3.8, 4) is 0 Å². The molecule has 0 saturated carbocycles. The minimum atomic E-state index is -1.11. The van der Waals surface area contributed by atoms with E-state index in [0.29, 0.717) is 18.6 Å². The van der Waals surface area contributed by atoms with Crippen molar-refractivity contribution in [1.29, 1.82) is 0 Å². The Morgan fingerprint density at radius 2 is 1.72 bits per heavy atom. The van der Waals surface area contributed by atoms with Gasteiger partial charge in [-0.25, -0.2) is 0 Å². The van der Waals surface area contributed by atoms with Gasteiger partial charge in [0.15, 0.2) is 10.2 Å². The summed E-state index contributed by atoms with van der Waals surface area (Å²) in [6.45, 7) is 2.96. The van der Waals surface area contributed by atoms with Crippen LogP contribution in [0.15, 0.2) is 0 Å². The van der Waals surface area contributed by atoms with E-state index in [1.54, 1.807) is 0 Å². The van der Waals surface area contributed by atoms with Crippen LogP contribution in [0.4, 0.5) is 0 Å². The van der Waals surface area contributed by atoms with Gasteiger partial charge in [-0.2, -0.15) is 0 Å². The quantitative estimate of drug-likeness (QED) is 0.405. The van der Waals surface area contributed by atoms with Crippen molar-refractivity contribution in [2.75, 3.05) is 12.3 Å². The van der Waals surface area contributed by atoms with Crippen molar-refractivity contribution in [3.05, 3.63) is 0 Å². The van der Waals surface area contributed by atoms with Gasteiger partial charge in [0.25, 0.3) is 0 Å². The monoisotopic (exact) mass is 393 g/mol. The fourth-order valence-corrected chi connectivity index (χ4v) is 3.91. The molecule has 3 N–H and O–H groups in total. The topological polar surface area (TPSA) is 121 Å². The van der Waals surface area contributed by atoms with E-state index in [1.807, 2.05) is 0 Å². The first-order valence-electron chi connectivity index (χ1n) is 8.17. The number of carboxylic acids is 1. The Kier molecular flexibility index (Phi) is 13.5. The highest BCUT2D eigenvalue weighted by Gasteiger charge is 2.14. The number of rotatable bonds is 13. The van der Waals surface area contributed by atoms with Gasteiger partial charge in [-0.3, -0.25) is 19.2 Å². The lowest BCUT2D eigenvalue weighted by Gasteiger charge is -2.14. The third-order valence-electron chi connectivity index (χ3n) is 3.20. The van der Waals surface area contributed by atoms with E-state index >= 15 is 0 Å². The van der Waals surface area contributed by atoms with Crippen LogP contribution in [0, 0.1) is 0 Å². The molecule has 0 spiro atoms. The fourth-order valence-electron chi connectivity index (χ4n) is 2.08. The molecule has 2 unspecified atom stereocenters. The Labute approximate surface area is 156 Å². The summed E-state index contributed by atoms with van der Waals surface area (Å²) in [4.78, 5) is 44.3. The molecule has 0 rings (SSSR count). The first-order valence-corrected chi connectivity index (χ1v) is 10.0. The molecule has 0 aromatic heterocycles. The largest absolute Gasteiger partial charge is 0.481 e. The van der Waals surface area contributed by atoms with Crippen LogP contribution in [-0.4, -0.2) is 56.0 Å². The minimum Gasteiger partial charge on any atom is -0.481 e. The van der Waals surface area contributed by atoms with Gasteiger partial charge in [0.05, 0.1) is 12.5 Å². The number of unbranched alkanes of at least 4 members (excludes halogenated alkanes) is 1. The summed E-state index contributed by atoms with van der Waals surface area (Å²) in [5, 5.41) is 20.6. The molecular formula is C16H27NO6S2. The number of thioether (sulfide) groups is 2. The number of hydrogen-bond donors (Lipinski definition) is 3. The van der Waals surface area contributed by atoms with Crippen molar-refractivity contribution in [1.82, 2.24) is 5.32 Å². The molecule has 0 aliphatic rings. The summed E-state index contributed by atoms with van der Waals surface area (Å²) in [6.07, 6.45) is 1.79. The minimum absolute atomic E-state index is 0.0444. The molecule has 7 nitrogen and oxygen atoms in total. The summed E-state index contributed by atoms with van der Waals surface area (Å²) < 4.78 is 0. The zero-order valence-corrected chi connectivity index (χ0v) is 16.3. The Balaban J connectivity index is 3.94. The molecule has 0 aliphatic carbocycles. The number of hydrogen-bond acceptors (Lipinski definition) is 7. The molecule has 9 heteroatoms. The molecule has 0 fully saturated rings. The van der Waals surface area contributed by atoms with Crippen molar-refractivity contribution in [2.45, 2.75) is 63.7 Å². The summed E-state index contributed by atoms with van der Waals surface area (Å²) in [5.41, 5.74) is 0. The lowest BCUT2D eigenvalue weighted by molar-refractivity contribution is -0.139. The number of aliphatic hydroxyl groups is 1. The lowest BCUT2D eigenvalue weighted by atomic mass is 10.1. The molecule has 1 amide bonds. The van der Waals surface area contributed by atoms with Crippen LogP contribution in [0.2, 0.25) is 0 Å². The van der Waals surface area contributed by atoms with Crippen LogP contribution in [0.1, 0.15) is 52.4 Å². The molecule has 0 bridgehead atoms. The maximum absolute atomic E-state index is 11.6. The zero-order valence-electron chi connectivity index (χ0n) is 14.7. The van der Waals surface area contributed by atoms with Gasteiger partial charge in [0.1, 0.15) is 0 Å². The van der Waals surface area contributed by atoms with E-state index < -0.39 is 18.5 Å². The molecule has 2 atom stereocenters. The van der Waals surface area contributed by atoms with Crippen LogP contribution in [0.25, 0.3) is 0 Å². The molecule has 0 radical (unpaired) electrons. The van der Waals surface area contributed by atoms with Crippen LogP contribution >= 0.6 is 23.5 Å². The molecule has 25 heavy (non-hydrogen) atoms. The molecule has 0 saturated heterocycles. The number of carbonyl (C=O) groups excluding carboxylic acids is 3. The standard InChI is InChI=1S/C16H27NO6S2/c1-11(18)24-8-7-14(25-12(2)19)5-3-4-6-15(21)17-10-13(20)9-16(22)23/h13-14,20H,3-10H2,1-2H3,(H,17,21)(H,22,23). The number of aliphatic carboxylic acids is 1. The van der Waals surface area contributed by atoms with E-state index in [2.05, 4.69) is 5.32 Å². The lowest BCUT2D eigenvalue weighted by Crippen LogP contribution is -2.33. The Morgan fingerprint density at radius 3 is 2.28 bits per heavy atom. The van der Waals surface area contributed by atoms with Crippen LogP contribution in [0.3, 0.4) is 0 Å². The third-order valence-corrected chi connectivity index (χ3v) is 5.19. The van der Waals surface area contributed by atoms with Gasteiger partial charge in [-0.05, 0) is 19.3 Å². The second-order valence-electron chi connectivity index (χ2n) is 5.66. The van der Waals surface area contributed by atoms with Gasteiger partial charge >= 0.3 is 5.97 Å². The third kappa shape index (κ3) is 16.2. The van der Waals surface area contributed by atoms with Crippen LogP contribution < -0.4 is 5.32 Å². The number of carbonyl (C=O) groups is 4. The van der Waals surface area contributed by atoms with Gasteiger partial charge in [0, 0.05) is 37.8 Å². The summed E-state index contributed by atoms with van der Waals surface area (Å²) in [5.74, 6) is -0.659. The predicted molar refractivity (Wildman–Crippen MR) is 99.6 cm³/mol. The highest BCUT2D eigenvalue weighted by atomic mass is 32.2. The van der Waals surface area contributed by atoms with Gasteiger partial charge in [-0.1, -0.05) is 29.9 Å². The summed E-state index contributed by atoms with van der Waals surface area (Å²) in [7, 11) is 0. The Morgan fingerprint density at radius 1 is 1.04 bits per heavy atom. The van der Waals surface area contributed by atoms with Crippen molar-refractivity contribution < 1.29 is 29.4 Å². The predicted octanol–water partition coefficient (Wildman–Crippen LogP) is 1.82. The van der Waals surface area contributed by atoms with E-state index in [-0.39, 0.29) is 27.9 Å². The fraction of sp³-hybridized carbons (Fsp3) is 0.750. The average Bonchev–Trinajstić information content (AvgIpc) is 2.47. The Bertz CT molecular complexity index is 458. The zero-order chi connectivity index (χ0) is 19.2. The first kappa shape index (κ1) is 23.9. The number of carboxylic acid groups (broad SMARTS) is 1. The maximum atomic E-state index is 11.6. The van der Waals surface area contributed by atoms with Gasteiger partial charge in [0.2, 0.25) is 5.91 Å². The summed E-state index contributed by atoms with van der Waals surface area (Å²) in [6, 6.07) is 0. The summed E-state index contributed by atoms with van der Waals surface area (Å²) >= 11 is 2.53. The van der Waals surface area contributed by atoms with Crippen molar-refractivity contribution in [3.63, 3.8) is 0 Å². The molecule has 0 aromatic rings. The first-order chi connectivity index (χ1) is 11.7. The number of aliphatic hydroxyl groups excluding tert-OH is 1. The van der Waals surface area contributed by atoms with E-state index in [4.69, 9.17) is 5.11 Å². The molecule has 144 valence electrons. The highest BCUT2D eigenvalue weighted by molar-refractivity contribution is 8.14. The number of nitrogens with one attached hydrogen (secondary N) is 1. The van der Waals surface area contributed by atoms with Gasteiger partial charge < -0.3 is 15.5 Å². The molecule has 0 aromatic carbocycles. The molecule has 0 heterocycles. The van der Waals surface area contributed by atoms with Gasteiger partial charge in [-0.15, -0.1) is 0 Å². The highest BCUT2D eigenvalue weighted by Crippen LogP contribution is 2.23. The SMILES string of the molecule is CC(=O)SCCC(CCCCC(=O)NCC(O)CC(=O)O)SC(C)=O.